The third-order valence-electron chi connectivity index (χ3n) is 3.90. The molecule has 0 heterocycles. The Morgan fingerprint density at radius 3 is 1.03 bits per heavy atom. The fourth-order valence-electron chi connectivity index (χ4n) is 2.53. The van der Waals surface area contributed by atoms with Crippen LogP contribution >= 0.6 is 0 Å². The third kappa shape index (κ3) is 18.8. The van der Waals surface area contributed by atoms with Gasteiger partial charge in [-0.05, 0) is 65.8 Å². The number of carbonyl (C=O) groups is 2. The average Bonchev–Trinajstić information content (AvgIpc) is 2.65. The summed E-state index contributed by atoms with van der Waals surface area (Å²) in [7, 11) is 17.0. The second-order valence-electron chi connectivity index (χ2n) is 11.2. The minimum atomic E-state index is -1.20. The van der Waals surface area contributed by atoms with Crippen LogP contribution in [0.25, 0.3) is 11.1 Å². The SMILES string of the molecule is C/C(=C/C(=O)[O-])c1ccc(Cc2ccc(/C(C)=C\C(=O)[O-])cc2)cc1.C[N+](C)(C)C.C[N+](C)(C)C. The first-order valence-corrected chi connectivity index (χ1v) is 11.4. The number of benzene rings is 2. The first-order chi connectivity index (χ1) is 15.8. The Morgan fingerprint density at radius 2 is 0.829 bits per heavy atom. The zero-order chi connectivity index (χ0) is 27.4. The minimum Gasteiger partial charge on any atom is -0.545 e. The van der Waals surface area contributed by atoms with Crippen molar-refractivity contribution in [1.82, 2.24) is 0 Å². The molecule has 0 atom stereocenters. The van der Waals surface area contributed by atoms with Gasteiger partial charge in [0.2, 0.25) is 0 Å². The molecule has 6 heteroatoms. The summed E-state index contributed by atoms with van der Waals surface area (Å²) < 4.78 is 2.00. The third-order valence-corrected chi connectivity index (χ3v) is 3.90. The van der Waals surface area contributed by atoms with Crippen LogP contribution in [0.5, 0.6) is 0 Å². The molecule has 0 saturated heterocycles. The Morgan fingerprint density at radius 1 is 0.600 bits per heavy atom. The highest BCUT2D eigenvalue weighted by Gasteiger charge is 2.01. The van der Waals surface area contributed by atoms with E-state index in [4.69, 9.17) is 0 Å². The highest BCUT2D eigenvalue weighted by molar-refractivity contribution is 5.88. The summed E-state index contributed by atoms with van der Waals surface area (Å²) in [5.41, 5.74) is 5.16. The first-order valence-electron chi connectivity index (χ1n) is 11.4. The number of allylic oxidation sites excluding steroid dienone is 2. The molecule has 0 unspecified atom stereocenters. The Labute approximate surface area is 211 Å². The van der Waals surface area contributed by atoms with Crippen LogP contribution in [0.4, 0.5) is 0 Å². The highest BCUT2D eigenvalue weighted by Crippen LogP contribution is 2.18. The zero-order valence-electron chi connectivity index (χ0n) is 23.0. The number of hydrogen-bond donors (Lipinski definition) is 0. The predicted molar refractivity (Wildman–Crippen MR) is 141 cm³/mol. The Hall–Kier alpha value is -3.22. The molecule has 0 saturated carbocycles. The van der Waals surface area contributed by atoms with Crippen LogP contribution in [-0.4, -0.2) is 77.3 Å². The van der Waals surface area contributed by atoms with E-state index in [-0.39, 0.29) is 0 Å². The van der Waals surface area contributed by atoms with Crippen molar-refractivity contribution in [2.45, 2.75) is 20.3 Å². The second-order valence-corrected chi connectivity index (χ2v) is 11.2. The molecule has 0 amide bonds. The standard InChI is InChI=1S/C21H20O4.2C4H12N/c1-14(11-20(22)23)18-7-3-16(4-8-18)13-17-5-9-19(10-6-17)15(2)12-21(24)25;2*1-5(2,3)4/h3-12H,13H2,1-2H3,(H,22,23)(H,24,25);2*1-4H3/q;2*+1/p-2/b14-11-,15-12-;;. The lowest BCUT2D eigenvalue weighted by atomic mass is 9.99. The van der Waals surface area contributed by atoms with E-state index < -0.39 is 11.9 Å². The number of carboxylic acid groups (broad SMARTS) is 2. The quantitative estimate of drug-likeness (QED) is 0.467. The summed E-state index contributed by atoms with van der Waals surface area (Å²) in [4.78, 5) is 21.2. The van der Waals surface area contributed by atoms with Gasteiger partial charge in [-0.3, -0.25) is 0 Å². The molecular formula is C29H42N2O4. The number of nitrogens with zero attached hydrogens (tertiary/aromatic N) is 2. The van der Waals surface area contributed by atoms with E-state index in [9.17, 15) is 19.8 Å². The number of carboxylic acids is 2. The summed E-state index contributed by atoms with van der Waals surface area (Å²) in [5, 5.41) is 21.2. The lowest BCUT2D eigenvalue weighted by molar-refractivity contribution is -0.849. The molecule has 0 radical (unpaired) electrons. The maximum atomic E-state index is 10.6. The summed E-state index contributed by atoms with van der Waals surface area (Å²) >= 11 is 0. The van der Waals surface area contributed by atoms with Crippen LogP contribution < -0.4 is 10.2 Å². The summed E-state index contributed by atoms with van der Waals surface area (Å²) in [6.07, 6.45) is 2.89. The molecule has 0 bridgehead atoms. The number of hydrogen-bond acceptors (Lipinski definition) is 4. The summed E-state index contributed by atoms with van der Waals surface area (Å²) in [6.45, 7) is 3.46. The van der Waals surface area contributed by atoms with E-state index in [1.165, 1.54) is 0 Å². The number of aliphatic carboxylic acids is 2. The van der Waals surface area contributed by atoms with E-state index in [1.807, 2.05) is 48.5 Å². The average molecular weight is 483 g/mol. The molecular weight excluding hydrogens is 440 g/mol. The summed E-state index contributed by atoms with van der Waals surface area (Å²) in [5.74, 6) is -2.41. The van der Waals surface area contributed by atoms with Crippen LogP contribution in [0.2, 0.25) is 0 Å². The van der Waals surface area contributed by atoms with Crippen molar-refractivity contribution in [3.8, 4) is 0 Å². The van der Waals surface area contributed by atoms with Crippen LogP contribution in [-0.2, 0) is 16.0 Å². The molecule has 0 aliphatic heterocycles. The fraction of sp³-hybridized carbons (Fsp3) is 0.379. The molecule has 6 nitrogen and oxygen atoms in total. The van der Waals surface area contributed by atoms with Gasteiger partial charge in [0.25, 0.3) is 0 Å². The maximum Gasteiger partial charge on any atom is 0.0675 e. The van der Waals surface area contributed by atoms with Crippen molar-refractivity contribution in [1.29, 1.82) is 0 Å². The van der Waals surface area contributed by atoms with Crippen molar-refractivity contribution < 1.29 is 28.8 Å². The van der Waals surface area contributed by atoms with Crippen molar-refractivity contribution in [2.24, 2.45) is 0 Å². The number of carbonyl (C=O) groups excluding carboxylic acids is 2. The molecule has 35 heavy (non-hydrogen) atoms. The molecule has 0 aromatic heterocycles. The van der Waals surface area contributed by atoms with Gasteiger partial charge in [0.1, 0.15) is 0 Å². The van der Waals surface area contributed by atoms with Gasteiger partial charge in [0.05, 0.1) is 68.3 Å². The van der Waals surface area contributed by atoms with Crippen molar-refractivity contribution in [2.75, 3.05) is 56.4 Å². The van der Waals surface area contributed by atoms with Crippen LogP contribution in [0.15, 0.2) is 60.7 Å². The Kier molecular flexibility index (Phi) is 12.9. The fourth-order valence-corrected chi connectivity index (χ4v) is 2.53. The molecule has 0 spiro atoms. The van der Waals surface area contributed by atoms with Crippen LogP contribution in [0.1, 0.15) is 36.1 Å². The Bertz CT molecular complexity index is 909. The van der Waals surface area contributed by atoms with Gasteiger partial charge in [0.15, 0.2) is 0 Å². The zero-order valence-corrected chi connectivity index (χ0v) is 23.0. The lowest BCUT2D eigenvalue weighted by Gasteiger charge is -2.14. The molecule has 2 aromatic rings. The highest BCUT2D eigenvalue weighted by atomic mass is 16.4. The van der Waals surface area contributed by atoms with Gasteiger partial charge in [-0.1, -0.05) is 48.5 Å². The number of rotatable bonds is 6. The molecule has 0 aliphatic carbocycles. The second kappa shape index (κ2) is 14.2. The lowest BCUT2D eigenvalue weighted by Crippen LogP contribution is -2.27. The van der Waals surface area contributed by atoms with Gasteiger partial charge < -0.3 is 28.8 Å². The molecule has 192 valence electrons. The molecule has 2 aromatic carbocycles. The molecule has 0 N–H and O–H groups in total. The van der Waals surface area contributed by atoms with E-state index in [1.54, 1.807) is 13.8 Å². The van der Waals surface area contributed by atoms with Gasteiger partial charge in [-0.25, -0.2) is 0 Å². The van der Waals surface area contributed by atoms with E-state index >= 15 is 0 Å². The molecule has 0 fully saturated rings. The van der Waals surface area contributed by atoms with Gasteiger partial charge in [-0.15, -0.1) is 0 Å². The predicted octanol–water partition coefficient (Wildman–Crippen LogP) is 2.23. The smallest absolute Gasteiger partial charge is 0.0675 e. The summed E-state index contributed by atoms with van der Waals surface area (Å²) in [6, 6.07) is 15.3. The van der Waals surface area contributed by atoms with Crippen LogP contribution in [0.3, 0.4) is 0 Å². The normalized spacial score (nSPS) is 12.1. The van der Waals surface area contributed by atoms with Gasteiger partial charge in [0, 0.05) is 0 Å². The topological polar surface area (TPSA) is 80.3 Å². The van der Waals surface area contributed by atoms with Gasteiger partial charge in [-0.2, -0.15) is 0 Å². The van der Waals surface area contributed by atoms with Gasteiger partial charge >= 0.3 is 0 Å². The molecule has 0 aliphatic rings. The largest absolute Gasteiger partial charge is 0.545 e. The van der Waals surface area contributed by atoms with E-state index in [2.05, 4.69) is 56.4 Å². The molecule has 2 rings (SSSR count). The number of quaternary nitrogens is 2. The monoisotopic (exact) mass is 482 g/mol. The Balaban J connectivity index is 0.000000975. The van der Waals surface area contributed by atoms with Crippen molar-refractivity contribution >= 4 is 23.1 Å². The maximum absolute atomic E-state index is 10.6. The minimum absolute atomic E-state index is 0.645. The van der Waals surface area contributed by atoms with E-state index in [0.29, 0.717) is 11.1 Å². The van der Waals surface area contributed by atoms with Crippen molar-refractivity contribution in [3.05, 3.63) is 82.9 Å². The van der Waals surface area contributed by atoms with Crippen molar-refractivity contribution in [3.63, 3.8) is 0 Å². The van der Waals surface area contributed by atoms with Crippen LogP contribution in [0, 0.1) is 0 Å². The first kappa shape index (κ1) is 31.8. The van der Waals surface area contributed by atoms with E-state index in [0.717, 1.165) is 49.8 Å².